The van der Waals surface area contributed by atoms with Crippen molar-refractivity contribution in [1.82, 2.24) is 10.2 Å². The van der Waals surface area contributed by atoms with Gasteiger partial charge >= 0.3 is 0 Å². The molecule has 2 atom stereocenters. The molecule has 1 aromatic carbocycles. The average Bonchev–Trinajstić information content (AvgIpc) is 2.44. The molecule has 1 aliphatic heterocycles. The number of hydrogen-bond acceptors (Lipinski definition) is 2. The van der Waals surface area contributed by atoms with Crippen LogP contribution in [-0.4, -0.2) is 29.6 Å². The van der Waals surface area contributed by atoms with E-state index in [1.165, 1.54) is 6.07 Å². The smallest absolute Gasteiger partial charge is 0.123 e. The lowest BCUT2D eigenvalue weighted by atomic mass is 9.90. The summed E-state index contributed by atoms with van der Waals surface area (Å²) in [6.07, 6.45) is 1.16. The van der Waals surface area contributed by atoms with Gasteiger partial charge in [-0.2, -0.15) is 0 Å². The third-order valence-electron chi connectivity index (χ3n) is 4.77. The van der Waals surface area contributed by atoms with Gasteiger partial charge in [-0.1, -0.05) is 31.9 Å². The van der Waals surface area contributed by atoms with Gasteiger partial charge in [-0.05, 0) is 43.5 Å². The van der Waals surface area contributed by atoms with Gasteiger partial charge in [0, 0.05) is 36.2 Å². The van der Waals surface area contributed by atoms with E-state index in [0.717, 1.165) is 25.1 Å². The molecule has 4 heteroatoms. The molecule has 0 aromatic heterocycles. The monoisotopic (exact) mass is 312 g/mol. The number of benzene rings is 1. The Hall–Kier alpha value is -0.640. The highest BCUT2D eigenvalue weighted by molar-refractivity contribution is 6.31. The summed E-state index contributed by atoms with van der Waals surface area (Å²) >= 11 is 6.23. The molecule has 0 radical (unpaired) electrons. The van der Waals surface area contributed by atoms with Gasteiger partial charge in [-0.3, -0.25) is 4.90 Å². The molecule has 0 aliphatic carbocycles. The fraction of sp³-hybridized carbons (Fsp3) is 0.647. The van der Waals surface area contributed by atoms with Crippen LogP contribution in [0.25, 0.3) is 0 Å². The van der Waals surface area contributed by atoms with Crippen molar-refractivity contribution in [3.8, 4) is 0 Å². The first-order chi connectivity index (χ1) is 9.83. The molecule has 1 N–H and O–H groups in total. The topological polar surface area (TPSA) is 15.3 Å². The molecule has 1 saturated heterocycles. The number of piperazine rings is 1. The van der Waals surface area contributed by atoms with Crippen LogP contribution in [0.3, 0.4) is 0 Å². The molecule has 1 aromatic rings. The van der Waals surface area contributed by atoms with Crippen molar-refractivity contribution in [2.75, 3.05) is 13.1 Å². The molecule has 0 spiro atoms. The highest BCUT2D eigenvalue weighted by Crippen LogP contribution is 2.27. The van der Waals surface area contributed by atoms with Crippen LogP contribution in [0.15, 0.2) is 18.2 Å². The van der Waals surface area contributed by atoms with Crippen molar-refractivity contribution in [3.63, 3.8) is 0 Å². The third kappa shape index (κ3) is 3.97. The van der Waals surface area contributed by atoms with E-state index in [0.29, 0.717) is 23.5 Å². The van der Waals surface area contributed by atoms with Gasteiger partial charge in [0.05, 0.1) is 0 Å². The first-order valence-corrected chi connectivity index (χ1v) is 8.13. The first kappa shape index (κ1) is 16.7. The Morgan fingerprint density at radius 1 is 1.48 bits per heavy atom. The summed E-state index contributed by atoms with van der Waals surface area (Å²) in [5.74, 6) is 0.410. The van der Waals surface area contributed by atoms with Gasteiger partial charge in [0.2, 0.25) is 0 Å². The molecule has 1 heterocycles. The molecule has 1 fully saturated rings. The van der Waals surface area contributed by atoms with Crippen molar-refractivity contribution in [3.05, 3.63) is 34.6 Å². The number of rotatable bonds is 4. The fourth-order valence-corrected chi connectivity index (χ4v) is 3.03. The second kappa shape index (κ2) is 6.64. The van der Waals surface area contributed by atoms with E-state index in [1.807, 2.05) is 0 Å². The van der Waals surface area contributed by atoms with Crippen LogP contribution in [0.1, 0.15) is 39.7 Å². The van der Waals surface area contributed by atoms with Crippen molar-refractivity contribution in [2.45, 2.75) is 52.2 Å². The maximum absolute atomic E-state index is 13.5. The zero-order chi connectivity index (χ0) is 15.6. The predicted molar refractivity (Wildman–Crippen MR) is 87.1 cm³/mol. The Bertz CT molecular complexity index is 490. The summed E-state index contributed by atoms with van der Waals surface area (Å²) in [4.78, 5) is 2.42. The summed E-state index contributed by atoms with van der Waals surface area (Å²) in [6, 6.07) is 5.10. The SMILES string of the molecule is CCC(C)C1CN(Cc2cc(F)ccc2Cl)C(C)(C)CN1. The highest BCUT2D eigenvalue weighted by atomic mass is 35.5. The maximum Gasteiger partial charge on any atom is 0.123 e. The number of halogens is 2. The lowest BCUT2D eigenvalue weighted by Gasteiger charge is -2.47. The summed E-state index contributed by atoms with van der Waals surface area (Å²) in [5.41, 5.74) is 0.911. The molecule has 21 heavy (non-hydrogen) atoms. The zero-order valence-electron chi connectivity index (χ0n) is 13.4. The number of nitrogens with one attached hydrogen (secondary N) is 1. The number of hydrogen-bond donors (Lipinski definition) is 1. The van der Waals surface area contributed by atoms with Crippen LogP contribution >= 0.6 is 11.6 Å². The van der Waals surface area contributed by atoms with Crippen molar-refractivity contribution in [1.29, 1.82) is 0 Å². The van der Waals surface area contributed by atoms with Crippen LogP contribution < -0.4 is 5.32 Å². The van der Waals surface area contributed by atoms with Crippen molar-refractivity contribution in [2.24, 2.45) is 5.92 Å². The Morgan fingerprint density at radius 3 is 2.86 bits per heavy atom. The second-order valence-electron chi connectivity index (χ2n) is 6.80. The van der Waals surface area contributed by atoms with E-state index in [1.54, 1.807) is 12.1 Å². The van der Waals surface area contributed by atoms with Crippen molar-refractivity contribution >= 4 is 11.6 Å². The molecule has 2 unspecified atom stereocenters. The van der Waals surface area contributed by atoms with E-state index in [2.05, 4.69) is 37.9 Å². The molecule has 2 nitrogen and oxygen atoms in total. The van der Waals surface area contributed by atoms with Crippen LogP contribution in [0, 0.1) is 11.7 Å². The van der Waals surface area contributed by atoms with Crippen LogP contribution in [-0.2, 0) is 6.54 Å². The van der Waals surface area contributed by atoms with Crippen molar-refractivity contribution < 1.29 is 4.39 Å². The molecule has 0 amide bonds. The van der Waals surface area contributed by atoms with E-state index in [-0.39, 0.29) is 11.4 Å². The lowest BCUT2D eigenvalue weighted by molar-refractivity contribution is 0.0448. The van der Waals surface area contributed by atoms with Gasteiger partial charge in [-0.25, -0.2) is 4.39 Å². The largest absolute Gasteiger partial charge is 0.311 e. The van der Waals surface area contributed by atoms with Gasteiger partial charge in [0.1, 0.15) is 5.82 Å². The maximum atomic E-state index is 13.5. The van der Waals surface area contributed by atoms with Crippen LogP contribution in [0.4, 0.5) is 4.39 Å². The highest BCUT2D eigenvalue weighted by Gasteiger charge is 2.35. The fourth-order valence-electron chi connectivity index (χ4n) is 2.86. The van der Waals surface area contributed by atoms with Gasteiger partial charge in [-0.15, -0.1) is 0 Å². The predicted octanol–water partition coefficient (Wildman–Crippen LogP) is 4.08. The number of nitrogens with zero attached hydrogens (tertiary/aromatic N) is 1. The summed E-state index contributed by atoms with van der Waals surface area (Å²) in [6.45, 7) is 11.5. The molecule has 118 valence electrons. The molecular weight excluding hydrogens is 287 g/mol. The summed E-state index contributed by atoms with van der Waals surface area (Å²) in [7, 11) is 0. The van der Waals surface area contributed by atoms with Gasteiger partial charge < -0.3 is 5.32 Å². The molecule has 0 bridgehead atoms. The van der Waals surface area contributed by atoms with Gasteiger partial charge in [0.15, 0.2) is 0 Å². The molecule has 2 rings (SSSR count). The molecular formula is C17H26ClFN2. The quantitative estimate of drug-likeness (QED) is 0.901. The minimum Gasteiger partial charge on any atom is -0.311 e. The second-order valence-corrected chi connectivity index (χ2v) is 7.21. The Morgan fingerprint density at radius 2 is 2.19 bits per heavy atom. The Kier molecular flexibility index (Phi) is 5.29. The van der Waals surface area contributed by atoms with Crippen LogP contribution in [0.2, 0.25) is 5.02 Å². The first-order valence-electron chi connectivity index (χ1n) is 7.76. The standard InChI is InChI=1S/C17H26ClFN2/c1-5-12(2)16-10-21(17(3,4)11-20-16)9-13-8-14(19)6-7-15(13)18/h6-8,12,16,20H,5,9-11H2,1-4H3. The van der Waals surface area contributed by atoms with Gasteiger partial charge in [0.25, 0.3) is 0 Å². The van der Waals surface area contributed by atoms with E-state index in [9.17, 15) is 4.39 Å². The normalized spacial score (nSPS) is 24.0. The summed E-state index contributed by atoms with van der Waals surface area (Å²) < 4.78 is 13.5. The third-order valence-corrected chi connectivity index (χ3v) is 5.14. The Labute approximate surface area is 132 Å². The minimum absolute atomic E-state index is 0.0413. The molecule has 1 aliphatic rings. The Balaban J connectivity index is 2.16. The van der Waals surface area contributed by atoms with E-state index >= 15 is 0 Å². The average molecular weight is 313 g/mol. The zero-order valence-corrected chi connectivity index (χ0v) is 14.2. The van der Waals surface area contributed by atoms with E-state index in [4.69, 9.17) is 11.6 Å². The summed E-state index contributed by atoms with van der Waals surface area (Å²) in [5, 5.41) is 4.30. The lowest BCUT2D eigenvalue weighted by Crippen LogP contribution is -2.62. The molecule has 0 saturated carbocycles. The van der Waals surface area contributed by atoms with Crippen LogP contribution in [0.5, 0.6) is 0 Å². The van der Waals surface area contributed by atoms with E-state index < -0.39 is 0 Å². The minimum atomic E-state index is -0.221.